The van der Waals surface area contributed by atoms with Crippen molar-refractivity contribution in [3.63, 3.8) is 0 Å². The van der Waals surface area contributed by atoms with Gasteiger partial charge in [0.1, 0.15) is 0 Å². The summed E-state index contributed by atoms with van der Waals surface area (Å²) in [5, 5.41) is 7.16. The third kappa shape index (κ3) is 3.54. The molecule has 2 rings (SSSR count). The number of primary amides is 1. The first kappa shape index (κ1) is 13.5. The maximum atomic E-state index is 10.5. The highest BCUT2D eigenvalue weighted by molar-refractivity contribution is 8.14. The van der Waals surface area contributed by atoms with Crippen LogP contribution in [0.3, 0.4) is 0 Å². The third-order valence-electron chi connectivity index (χ3n) is 3.62. The molecular formula is C12H22N4OS. The number of hydrogen-bond acceptors (Lipinski definition) is 3. The van der Waals surface area contributed by atoms with Gasteiger partial charge in [0.05, 0.1) is 6.54 Å². The van der Waals surface area contributed by atoms with Crippen molar-refractivity contribution >= 4 is 23.0 Å². The van der Waals surface area contributed by atoms with Crippen LogP contribution in [0.4, 0.5) is 4.79 Å². The van der Waals surface area contributed by atoms with Crippen LogP contribution in [0.2, 0.25) is 0 Å². The normalized spacial score (nSPS) is 33.6. The molecule has 0 aromatic rings. The molecule has 1 saturated heterocycles. The van der Waals surface area contributed by atoms with Crippen LogP contribution in [0.1, 0.15) is 32.6 Å². The van der Waals surface area contributed by atoms with Crippen molar-refractivity contribution in [2.24, 2.45) is 16.6 Å². The highest BCUT2D eigenvalue weighted by Crippen LogP contribution is 2.38. The van der Waals surface area contributed by atoms with E-state index in [1.165, 1.54) is 25.7 Å². The van der Waals surface area contributed by atoms with Gasteiger partial charge in [-0.2, -0.15) is 0 Å². The average Bonchev–Trinajstić information content (AvgIpc) is 2.67. The van der Waals surface area contributed by atoms with Crippen molar-refractivity contribution in [2.45, 2.75) is 38.1 Å². The van der Waals surface area contributed by atoms with E-state index in [2.05, 4.69) is 22.5 Å². The van der Waals surface area contributed by atoms with E-state index < -0.39 is 6.03 Å². The number of hydrogen-bond donors (Lipinski definition) is 3. The topological polar surface area (TPSA) is 79.5 Å². The SMILES string of the molecule is CC1CCCC2(CSC(=NCCNC(N)=O)N2)C1. The summed E-state index contributed by atoms with van der Waals surface area (Å²) in [7, 11) is 0. The molecule has 2 atom stereocenters. The van der Waals surface area contributed by atoms with E-state index >= 15 is 0 Å². The molecule has 0 aromatic carbocycles. The number of urea groups is 1. The fraction of sp³-hybridized carbons (Fsp3) is 0.833. The van der Waals surface area contributed by atoms with E-state index in [-0.39, 0.29) is 5.54 Å². The second-order valence-corrected chi connectivity index (χ2v) is 6.34. The lowest BCUT2D eigenvalue weighted by atomic mass is 9.78. The first-order valence-electron chi connectivity index (χ1n) is 6.58. The summed E-state index contributed by atoms with van der Waals surface area (Å²) in [5.41, 5.74) is 5.27. The quantitative estimate of drug-likeness (QED) is 0.676. The van der Waals surface area contributed by atoms with E-state index in [4.69, 9.17) is 5.73 Å². The minimum absolute atomic E-state index is 0.276. The van der Waals surface area contributed by atoms with Crippen LogP contribution in [0, 0.1) is 5.92 Å². The van der Waals surface area contributed by atoms with Crippen molar-refractivity contribution in [3.05, 3.63) is 0 Å². The first-order chi connectivity index (χ1) is 8.60. The standard InChI is InChI=1S/C12H22N4OS/c1-9-3-2-4-12(7-9)8-18-11(16-12)15-6-5-14-10(13)17/h9H,2-8H2,1H3,(H,15,16)(H3,13,14,17). The van der Waals surface area contributed by atoms with E-state index in [1.54, 1.807) is 11.8 Å². The Kier molecular flexibility index (Phi) is 4.37. The lowest BCUT2D eigenvalue weighted by Crippen LogP contribution is -2.47. The molecule has 0 bridgehead atoms. The highest BCUT2D eigenvalue weighted by atomic mass is 32.2. The number of nitrogens with two attached hydrogens (primary N) is 1. The molecule has 102 valence electrons. The van der Waals surface area contributed by atoms with Crippen LogP contribution in [-0.4, -0.2) is 35.6 Å². The number of carbonyl (C=O) groups is 1. The minimum atomic E-state index is -0.486. The molecule has 1 saturated carbocycles. The van der Waals surface area contributed by atoms with Gasteiger partial charge in [0.15, 0.2) is 5.17 Å². The maximum Gasteiger partial charge on any atom is 0.312 e. The third-order valence-corrected chi connectivity index (χ3v) is 4.82. The van der Waals surface area contributed by atoms with E-state index in [9.17, 15) is 4.79 Å². The van der Waals surface area contributed by atoms with Crippen molar-refractivity contribution < 1.29 is 4.79 Å². The average molecular weight is 270 g/mol. The monoisotopic (exact) mass is 270 g/mol. The van der Waals surface area contributed by atoms with Gasteiger partial charge in [-0.1, -0.05) is 31.5 Å². The zero-order chi connectivity index (χ0) is 13.0. The van der Waals surface area contributed by atoms with Crippen LogP contribution in [-0.2, 0) is 0 Å². The molecule has 1 spiro atoms. The molecule has 1 aliphatic heterocycles. The summed E-state index contributed by atoms with van der Waals surface area (Å²) in [4.78, 5) is 15.0. The van der Waals surface area contributed by atoms with Gasteiger partial charge in [0.2, 0.25) is 0 Å². The van der Waals surface area contributed by atoms with Crippen LogP contribution in [0.5, 0.6) is 0 Å². The Morgan fingerprint density at radius 1 is 1.72 bits per heavy atom. The largest absolute Gasteiger partial charge is 0.359 e. The maximum absolute atomic E-state index is 10.5. The predicted octanol–water partition coefficient (Wildman–Crippen LogP) is 1.30. The number of rotatable bonds is 3. The number of carbonyl (C=O) groups excluding carboxylic acids is 1. The molecule has 2 unspecified atom stereocenters. The molecule has 1 heterocycles. The summed E-state index contributed by atoms with van der Waals surface area (Å²) in [6.07, 6.45) is 5.16. The molecule has 4 N–H and O–H groups in total. The number of nitrogens with zero attached hydrogens (tertiary/aromatic N) is 1. The Morgan fingerprint density at radius 3 is 3.28 bits per heavy atom. The van der Waals surface area contributed by atoms with Gasteiger partial charge in [-0.05, 0) is 18.8 Å². The highest BCUT2D eigenvalue weighted by Gasteiger charge is 2.40. The molecule has 2 fully saturated rings. The number of aliphatic imine (C=N–C) groups is 1. The molecule has 2 aliphatic rings. The number of nitrogens with one attached hydrogen (secondary N) is 2. The van der Waals surface area contributed by atoms with E-state index in [0.29, 0.717) is 13.1 Å². The molecule has 2 amide bonds. The van der Waals surface area contributed by atoms with Crippen molar-refractivity contribution in [3.8, 4) is 0 Å². The Balaban J connectivity index is 1.80. The Bertz CT molecular complexity index is 347. The summed E-state index contributed by atoms with van der Waals surface area (Å²) in [5.74, 6) is 1.93. The lowest BCUT2D eigenvalue weighted by molar-refractivity contribution is 0.242. The molecule has 0 radical (unpaired) electrons. The van der Waals surface area contributed by atoms with Crippen LogP contribution >= 0.6 is 11.8 Å². The van der Waals surface area contributed by atoms with Crippen molar-refractivity contribution in [1.29, 1.82) is 0 Å². The summed E-state index contributed by atoms with van der Waals surface area (Å²) in [6, 6.07) is -0.486. The van der Waals surface area contributed by atoms with E-state index in [0.717, 1.165) is 16.8 Å². The number of amidine groups is 1. The lowest BCUT2D eigenvalue weighted by Gasteiger charge is -2.36. The molecule has 0 aromatic heterocycles. The fourth-order valence-electron chi connectivity index (χ4n) is 2.83. The first-order valence-corrected chi connectivity index (χ1v) is 7.57. The van der Waals surface area contributed by atoms with Gasteiger partial charge in [0, 0.05) is 17.8 Å². The Morgan fingerprint density at radius 2 is 2.56 bits per heavy atom. The Hall–Kier alpha value is -0.910. The van der Waals surface area contributed by atoms with Gasteiger partial charge in [-0.15, -0.1) is 0 Å². The zero-order valence-corrected chi connectivity index (χ0v) is 11.7. The molecule has 18 heavy (non-hydrogen) atoms. The smallest absolute Gasteiger partial charge is 0.312 e. The molecule has 1 aliphatic carbocycles. The summed E-state index contributed by atoms with van der Waals surface area (Å²) in [6.45, 7) is 3.42. The van der Waals surface area contributed by atoms with Gasteiger partial charge in [0.25, 0.3) is 0 Å². The van der Waals surface area contributed by atoms with E-state index in [1.807, 2.05) is 0 Å². The Labute approximate surface area is 112 Å². The van der Waals surface area contributed by atoms with Gasteiger partial charge in [-0.25, -0.2) is 4.79 Å². The van der Waals surface area contributed by atoms with Crippen LogP contribution in [0.15, 0.2) is 4.99 Å². The van der Waals surface area contributed by atoms with Gasteiger partial charge >= 0.3 is 6.03 Å². The summed E-state index contributed by atoms with van der Waals surface area (Å²) < 4.78 is 0. The molecule has 5 nitrogen and oxygen atoms in total. The van der Waals surface area contributed by atoms with Crippen LogP contribution < -0.4 is 16.4 Å². The van der Waals surface area contributed by atoms with Gasteiger partial charge < -0.3 is 16.4 Å². The second-order valence-electron chi connectivity index (χ2n) is 5.37. The van der Waals surface area contributed by atoms with Gasteiger partial charge in [-0.3, -0.25) is 4.99 Å². The summed E-state index contributed by atoms with van der Waals surface area (Å²) >= 11 is 1.80. The minimum Gasteiger partial charge on any atom is -0.359 e. The molecule has 6 heteroatoms. The van der Waals surface area contributed by atoms with Crippen molar-refractivity contribution in [1.82, 2.24) is 10.6 Å². The van der Waals surface area contributed by atoms with Crippen molar-refractivity contribution in [2.75, 3.05) is 18.8 Å². The fourth-order valence-corrected chi connectivity index (χ4v) is 4.05. The number of amides is 2. The zero-order valence-electron chi connectivity index (χ0n) is 10.9. The number of thioether (sulfide) groups is 1. The van der Waals surface area contributed by atoms with Crippen LogP contribution in [0.25, 0.3) is 0 Å². The predicted molar refractivity (Wildman–Crippen MR) is 75.8 cm³/mol. The second kappa shape index (κ2) is 5.82. The molecular weight excluding hydrogens is 248 g/mol.